The Morgan fingerprint density at radius 1 is 1.13 bits per heavy atom. The van der Waals surface area contributed by atoms with Gasteiger partial charge < -0.3 is 15.2 Å². The van der Waals surface area contributed by atoms with E-state index in [9.17, 15) is 13.5 Å². The molecular formula is C25H43NO4S. The highest BCUT2D eigenvalue weighted by molar-refractivity contribution is 7.90. The SMILES string of the molecule is CC1CCC2C(C1)C1C(O)CCC(CC#CCCCNCS(C)(=O)=O)CC1OC2(C)C. The van der Waals surface area contributed by atoms with E-state index in [2.05, 4.69) is 37.9 Å². The lowest BCUT2D eigenvalue weighted by atomic mass is 9.59. The van der Waals surface area contributed by atoms with E-state index in [1.807, 2.05) is 0 Å². The molecule has 3 aliphatic rings. The Bertz CT molecular complexity index is 753. The Kier molecular flexibility index (Phi) is 8.51. The molecule has 7 atom stereocenters. The fraction of sp³-hybridized carbons (Fsp3) is 0.920. The summed E-state index contributed by atoms with van der Waals surface area (Å²) in [6.45, 7) is 7.57. The molecule has 1 saturated heterocycles. The van der Waals surface area contributed by atoms with Crippen LogP contribution in [-0.2, 0) is 14.6 Å². The standard InChI is InChI=1S/C25H43NO4S/c1-18-10-12-21-20(15-18)24-22(27)13-11-19(16-23(24)30-25(21,2)3)9-7-5-6-8-14-26-17-31(4,28)29/h18-24,26-27H,6,8-17H2,1-4H3. The number of hydrogen-bond acceptors (Lipinski definition) is 5. The number of hydrogen-bond donors (Lipinski definition) is 2. The minimum absolute atomic E-state index is 0.0321. The molecule has 0 aromatic rings. The van der Waals surface area contributed by atoms with Gasteiger partial charge in [-0.15, -0.1) is 11.8 Å². The average molecular weight is 454 g/mol. The summed E-state index contributed by atoms with van der Waals surface area (Å²) in [6.07, 6.45) is 10.3. The van der Waals surface area contributed by atoms with Gasteiger partial charge in [-0.05, 0) is 82.6 Å². The van der Waals surface area contributed by atoms with Crippen LogP contribution in [0.25, 0.3) is 0 Å². The molecule has 7 unspecified atom stereocenters. The number of unbranched alkanes of at least 4 members (excludes halogenated alkanes) is 1. The highest BCUT2D eigenvalue weighted by Crippen LogP contribution is 2.53. The van der Waals surface area contributed by atoms with Crippen LogP contribution in [-0.4, -0.2) is 50.0 Å². The molecule has 2 N–H and O–H groups in total. The fourth-order valence-electron chi connectivity index (χ4n) is 6.38. The van der Waals surface area contributed by atoms with Gasteiger partial charge >= 0.3 is 0 Å². The number of sulfone groups is 1. The molecule has 0 aromatic heterocycles. The lowest BCUT2D eigenvalue weighted by Gasteiger charge is -2.55. The van der Waals surface area contributed by atoms with E-state index in [0.29, 0.717) is 24.3 Å². The molecule has 0 amide bonds. The van der Waals surface area contributed by atoms with Crippen molar-refractivity contribution in [3.05, 3.63) is 0 Å². The van der Waals surface area contributed by atoms with E-state index in [1.54, 1.807) is 0 Å². The molecule has 1 heterocycles. The number of nitrogens with one attached hydrogen (secondary N) is 1. The smallest absolute Gasteiger partial charge is 0.160 e. The van der Waals surface area contributed by atoms with Crippen molar-refractivity contribution in [1.82, 2.24) is 5.32 Å². The maximum Gasteiger partial charge on any atom is 0.160 e. The van der Waals surface area contributed by atoms with Crippen molar-refractivity contribution in [3.8, 4) is 11.8 Å². The van der Waals surface area contributed by atoms with Gasteiger partial charge in [0.15, 0.2) is 9.84 Å². The van der Waals surface area contributed by atoms with E-state index in [-0.39, 0.29) is 29.6 Å². The minimum atomic E-state index is -2.95. The van der Waals surface area contributed by atoms with Crippen molar-refractivity contribution in [2.24, 2.45) is 29.6 Å². The first kappa shape index (κ1) is 25.0. The lowest BCUT2D eigenvalue weighted by molar-refractivity contribution is -0.225. The summed E-state index contributed by atoms with van der Waals surface area (Å²) in [4.78, 5) is 0. The van der Waals surface area contributed by atoms with E-state index in [4.69, 9.17) is 4.74 Å². The summed E-state index contributed by atoms with van der Waals surface area (Å²) in [5, 5.41) is 14.0. The maximum absolute atomic E-state index is 11.1. The highest BCUT2D eigenvalue weighted by Gasteiger charge is 2.53. The monoisotopic (exact) mass is 453 g/mol. The highest BCUT2D eigenvalue weighted by atomic mass is 32.2. The Labute approximate surface area is 190 Å². The second-order valence-electron chi connectivity index (χ2n) is 11.0. The predicted octanol–water partition coefficient (Wildman–Crippen LogP) is 3.76. The minimum Gasteiger partial charge on any atom is -0.393 e. The van der Waals surface area contributed by atoms with Crippen molar-refractivity contribution in [2.75, 3.05) is 18.7 Å². The first-order valence-electron chi connectivity index (χ1n) is 12.3. The van der Waals surface area contributed by atoms with E-state index in [1.165, 1.54) is 25.5 Å². The largest absolute Gasteiger partial charge is 0.393 e. The number of aliphatic hydroxyl groups is 1. The molecular weight excluding hydrogens is 410 g/mol. The summed E-state index contributed by atoms with van der Waals surface area (Å²) < 4.78 is 28.9. The molecule has 178 valence electrons. The molecule has 2 aliphatic carbocycles. The zero-order valence-electron chi connectivity index (χ0n) is 19.9. The normalized spacial score (nSPS) is 37.6. The van der Waals surface area contributed by atoms with Gasteiger partial charge in [-0.3, -0.25) is 0 Å². The number of fused-ring (bicyclic) bond motifs is 3. The first-order valence-corrected chi connectivity index (χ1v) is 14.3. The molecule has 0 aromatic carbocycles. The van der Waals surface area contributed by atoms with Gasteiger partial charge in [-0.2, -0.15) is 0 Å². The fourth-order valence-corrected chi connectivity index (χ4v) is 6.89. The molecule has 31 heavy (non-hydrogen) atoms. The summed E-state index contributed by atoms with van der Waals surface area (Å²) in [6, 6.07) is 0. The molecule has 2 saturated carbocycles. The molecule has 1 aliphatic heterocycles. The van der Waals surface area contributed by atoms with Gasteiger partial charge in [0, 0.05) is 25.0 Å². The van der Waals surface area contributed by atoms with Crippen LogP contribution in [0, 0.1) is 41.4 Å². The molecule has 3 rings (SSSR count). The molecule has 5 nitrogen and oxygen atoms in total. The van der Waals surface area contributed by atoms with Gasteiger partial charge in [-0.25, -0.2) is 8.42 Å². The third-order valence-corrected chi connectivity index (χ3v) is 8.58. The second kappa shape index (κ2) is 10.5. The van der Waals surface area contributed by atoms with Crippen molar-refractivity contribution in [3.63, 3.8) is 0 Å². The van der Waals surface area contributed by atoms with Crippen LogP contribution in [0.3, 0.4) is 0 Å². The van der Waals surface area contributed by atoms with Crippen molar-refractivity contribution in [2.45, 2.75) is 96.4 Å². The Hall–Kier alpha value is -0.610. The van der Waals surface area contributed by atoms with Crippen LogP contribution in [0.4, 0.5) is 0 Å². The van der Waals surface area contributed by atoms with Crippen molar-refractivity contribution in [1.29, 1.82) is 0 Å². The van der Waals surface area contributed by atoms with Gasteiger partial charge in [0.2, 0.25) is 0 Å². The van der Waals surface area contributed by atoms with E-state index in [0.717, 1.165) is 44.4 Å². The van der Waals surface area contributed by atoms with Crippen molar-refractivity contribution >= 4 is 9.84 Å². The van der Waals surface area contributed by atoms with Crippen LogP contribution in [0.2, 0.25) is 0 Å². The summed E-state index contributed by atoms with van der Waals surface area (Å²) in [5.74, 6) is 9.29. The third-order valence-electron chi connectivity index (χ3n) is 7.85. The Morgan fingerprint density at radius 2 is 1.90 bits per heavy atom. The summed E-state index contributed by atoms with van der Waals surface area (Å²) in [7, 11) is -2.95. The Morgan fingerprint density at radius 3 is 2.65 bits per heavy atom. The molecule has 0 spiro atoms. The van der Waals surface area contributed by atoms with Gasteiger partial charge in [0.25, 0.3) is 0 Å². The van der Waals surface area contributed by atoms with Gasteiger partial charge in [0.1, 0.15) is 0 Å². The summed E-state index contributed by atoms with van der Waals surface area (Å²) in [5.41, 5.74) is -0.106. The zero-order chi connectivity index (χ0) is 22.6. The Balaban J connectivity index is 1.53. The van der Waals surface area contributed by atoms with E-state index >= 15 is 0 Å². The maximum atomic E-state index is 11.1. The molecule has 0 radical (unpaired) electrons. The van der Waals surface area contributed by atoms with Crippen LogP contribution in [0.15, 0.2) is 0 Å². The second-order valence-corrected chi connectivity index (χ2v) is 13.1. The van der Waals surface area contributed by atoms with Crippen LogP contribution in [0.1, 0.15) is 78.6 Å². The molecule has 0 bridgehead atoms. The average Bonchev–Trinajstić information content (AvgIpc) is 2.80. The zero-order valence-corrected chi connectivity index (χ0v) is 20.7. The van der Waals surface area contributed by atoms with Crippen LogP contribution < -0.4 is 5.32 Å². The first-order chi connectivity index (χ1) is 14.6. The van der Waals surface area contributed by atoms with Gasteiger partial charge in [0.05, 0.1) is 23.7 Å². The van der Waals surface area contributed by atoms with E-state index < -0.39 is 9.84 Å². The van der Waals surface area contributed by atoms with Crippen molar-refractivity contribution < 1.29 is 18.3 Å². The predicted molar refractivity (Wildman–Crippen MR) is 125 cm³/mol. The van der Waals surface area contributed by atoms with Crippen LogP contribution >= 0.6 is 0 Å². The topological polar surface area (TPSA) is 75.6 Å². The van der Waals surface area contributed by atoms with Crippen LogP contribution in [0.5, 0.6) is 0 Å². The molecule has 6 heteroatoms. The number of ether oxygens (including phenoxy) is 1. The van der Waals surface area contributed by atoms with Gasteiger partial charge in [-0.1, -0.05) is 13.3 Å². The summed E-state index contributed by atoms with van der Waals surface area (Å²) >= 11 is 0. The number of rotatable bonds is 6. The lowest BCUT2D eigenvalue weighted by Crippen LogP contribution is -2.57. The third kappa shape index (κ3) is 6.93. The quantitative estimate of drug-likeness (QED) is 0.473. The number of aliphatic hydroxyl groups excluding tert-OH is 1. The molecule has 3 fully saturated rings.